The summed E-state index contributed by atoms with van der Waals surface area (Å²) in [7, 11) is 1.35. The second kappa shape index (κ2) is 5.00. The van der Waals surface area contributed by atoms with Gasteiger partial charge in [-0.1, -0.05) is 12.1 Å². The van der Waals surface area contributed by atoms with E-state index in [4.69, 9.17) is 5.73 Å². The maximum absolute atomic E-state index is 11.9. The predicted octanol–water partition coefficient (Wildman–Crippen LogP) is 0.155. The van der Waals surface area contributed by atoms with Crippen LogP contribution in [0.2, 0.25) is 0 Å². The van der Waals surface area contributed by atoms with Gasteiger partial charge in [-0.05, 0) is 5.56 Å². The molecule has 0 unspecified atom stereocenters. The van der Waals surface area contributed by atoms with Crippen LogP contribution in [0.4, 0.5) is 11.5 Å². The van der Waals surface area contributed by atoms with Crippen LogP contribution < -0.4 is 17.0 Å². The molecule has 0 aliphatic heterocycles. The molecule has 0 bridgehead atoms. The van der Waals surface area contributed by atoms with Crippen LogP contribution in [0.15, 0.2) is 33.9 Å². The minimum Gasteiger partial charge on any atom is -0.385 e. The minimum absolute atomic E-state index is 0.0106. The number of anilines is 1. The highest BCUT2D eigenvalue weighted by Gasteiger charge is 2.11. The van der Waals surface area contributed by atoms with Crippen molar-refractivity contribution in [3.63, 3.8) is 0 Å². The number of nitrogens with one attached hydrogen (secondary N) is 1. The first kappa shape index (κ1) is 13.5. The van der Waals surface area contributed by atoms with Crippen LogP contribution in [0.25, 0.3) is 0 Å². The van der Waals surface area contributed by atoms with E-state index in [0.29, 0.717) is 5.56 Å². The summed E-state index contributed by atoms with van der Waals surface area (Å²) in [5.41, 5.74) is 5.48. The fourth-order valence-electron chi connectivity index (χ4n) is 1.79. The van der Waals surface area contributed by atoms with Crippen molar-refractivity contribution in [2.75, 3.05) is 5.73 Å². The molecule has 1 aromatic heterocycles. The van der Waals surface area contributed by atoms with Gasteiger partial charge in [-0.25, -0.2) is 4.79 Å². The van der Waals surface area contributed by atoms with Gasteiger partial charge in [-0.2, -0.15) is 0 Å². The van der Waals surface area contributed by atoms with Gasteiger partial charge in [0.2, 0.25) is 0 Å². The number of nitro groups is 1. The minimum atomic E-state index is -0.583. The number of benzene rings is 1. The van der Waals surface area contributed by atoms with Gasteiger partial charge in [0.25, 0.3) is 11.2 Å². The molecule has 0 amide bonds. The van der Waals surface area contributed by atoms with Gasteiger partial charge in [-0.15, -0.1) is 0 Å². The van der Waals surface area contributed by atoms with E-state index in [2.05, 4.69) is 4.98 Å². The highest BCUT2D eigenvalue weighted by atomic mass is 16.6. The smallest absolute Gasteiger partial charge is 0.329 e. The Morgan fingerprint density at radius 1 is 1.30 bits per heavy atom. The number of aromatic amines is 1. The Morgan fingerprint density at radius 3 is 2.45 bits per heavy atom. The first-order chi connectivity index (χ1) is 9.40. The second-order valence-corrected chi connectivity index (χ2v) is 4.29. The number of hydrogen-bond acceptors (Lipinski definition) is 5. The summed E-state index contributed by atoms with van der Waals surface area (Å²) >= 11 is 0. The molecule has 2 aromatic rings. The molecule has 20 heavy (non-hydrogen) atoms. The summed E-state index contributed by atoms with van der Waals surface area (Å²) in [6.07, 6.45) is 0.188. The zero-order valence-corrected chi connectivity index (χ0v) is 10.6. The number of hydrogen-bond donors (Lipinski definition) is 2. The van der Waals surface area contributed by atoms with E-state index in [1.54, 1.807) is 12.1 Å². The first-order valence-electron chi connectivity index (χ1n) is 5.71. The van der Waals surface area contributed by atoms with Crippen molar-refractivity contribution >= 4 is 11.5 Å². The quantitative estimate of drug-likeness (QED) is 0.610. The number of H-pyrrole nitrogens is 1. The molecule has 0 spiro atoms. The summed E-state index contributed by atoms with van der Waals surface area (Å²) in [4.78, 5) is 35.7. The number of rotatable bonds is 3. The Bertz CT molecular complexity index is 774. The number of aromatic nitrogens is 2. The summed E-state index contributed by atoms with van der Waals surface area (Å²) in [5.74, 6) is 0.0106. The fraction of sp³-hybridized carbons (Fsp3) is 0.167. The molecule has 8 nitrogen and oxygen atoms in total. The topological polar surface area (TPSA) is 124 Å². The lowest BCUT2D eigenvalue weighted by molar-refractivity contribution is -0.384. The van der Waals surface area contributed by atoms with Crippen molar-refractivity contribution in [1.29, 1.82) is 0 Å². The van der Waals surface area contributed by atoms with Gasteiger partial charge in [0, 0.05) is 25.6 Å². The van der Waals surface area contributed by atoms with E-state index in [1.807, 2.05) is 0 Å². The van der Waals surface area contributed by atoms with Crippen LogP contribution in [0, 0.1) is 10.1 Å². The molecular formula is C12H12N4O4. The van der Waals surface area contributed by atoms with Crippen molar-refractivity contribution < 1.29 is 4.92 Å². The molecule has 1 aromatic carbocycles. The van der Waals surface area contributed by atoms with Crippen molar-refractivity contribution in [3.8, 4) is 0 Å². The van der Waals surface area contributed by atoms with Crippen LogP contribution in [-0.2, 0) is 13.5 Å². The molecule has 2 rings (SSSR count). The van der Waals surface area contributed by atoms with Gasteiger partial charge >= 0.3 is 5.69 Å². The number of non-ortho nitro benzene ring substituents is 1. The zero-order chi connectivity index (χ0) is 14.9. The molecule has 0 fully saturated rings. The van der Waals surface area contributed by atoms with Gasteiger partial charge in [0.15, 0.2) is 0 Å². The lowest BCUT2D eigenvalue weighted by Gasteiger charge is -2.06. The Labute approximate surface area is 112 Å². The third-order valence-corrected chi connectivity index (χ3v) is 2.96. The fourth-order valence-corrected chi connectivity index (χ4v) is 1.79. The normalized spacial score (nSPS) is 10.4. The molecule has 0 aliphatic rings. The number of nitrogens with two attached hydrogens (primary N) is 1. The summed E-state index contributed by atoms with van der Waals surface area (Å²) in [6, 6.07) is 5.79. The molecule has 0 radical (unpaired) electrons. The van der Waals surface area contributed by atoms with Gasteiger partial charge in [0.1, 0.15) is 5.82 Å². The Hall–Kier alpha value is -2.90. The number of nitro benzene ring substituents is 1. The van der Waals surface area contributed by atoms with Crippen LogP contribution in [0.3, 0.4) is 0 Å². The van der Waals surface area contributed by atoms with Crippen molar-refractivity contribution in [1.82, 2.24) is 9.55 Å². The van der Waals surface area contributed by atoms with Crippen molar-refractivity contribution in [2.45, 2.75) is 6.42 Å². The SMILES string of the molecule is Cn1c(=O)[nH]c(N)c(Cc2ccc([N+](=O)[O-])cc2)c1=O. The average Bonchev–Trinajstić information content (AvgIpc) is 2.42. The monoisotopic (exact) mass is 276 g/mol. The molecule has 8 heteroatoms. The predicted molar refractivity (Wildman–Crippen MR) is 72.6 cm³/mol. The average molecular weight is 276 g/mol. The van der Waals surface area contributed by atoms with E-state index in [9.17, 15) is 19.7 Å². The number of nitrogen functional groups attached to an aromatic ring is 1. The maximum atomic E-state index is 11.9. The Morgan fingerprint density at radius 2 is 1.90 bits per heavy atom. The lowest BCUT2D eigenvalue weighted by Crippen LogP contribution is -2.36. The van der Waals surface area contributed by atoms with E-state index in [0.717, 1.165) is 4.57 Å². The first-order valence-corrected chi connectivity index (χ1v) is 5.71. The highest BCUT2D eigenvalue weighted by molar-refractivity contribution is 5.42. The molecule has 1 heterocycles. The zero-order valence-electron chi connectivity index (χ0n) is 10.6. The van der Waals surface area contributed by atoms with Gasteiger partial charge in [0.05, 0.1) is 10.5 Å². The summed E-state index contributed by atoms with van der Waals surface area (Å²) in [6.45, 7) is 0. The largest absolute Gasteiger partial charge is 0.385 e. The lowest BCUT2D eigenvalue weighted by atomic mass is 10.1. The van der Waals surface area contributed by atoms with E-state index in [1.165, 1.54) is 19.2 Å². The Kier molecular flexibility index (Phi) is 3.38. The standard InChI is InChI=1S/C12H12N4O4/c1-15-11(17)9(10(13)14-12(15)18)6-7-2-4-8(5-3-7)16(19)20/h2-5H,6,13H2,1H3,(H,14,18). The third kappa shape index (κ3) is 2.44. The highest BCUT2D eigenvalue weighted by Crippen LogP contribution is 2.15. The number of nitrogens with zero attached hydrogens (tertiary/aromatic N) is 2. The van der Waals surface area contributed by atoms with Crippen molar-refractivity contribution in [3.05, 3.63) is 66.3 Å². The molecule has 3 N–H and O–H groups in total. The molecule has 0 saturated heterocycles. The van der Waals surface area contributed by atoms with E-state index in [-0.39, 0.29) is 23.5 Å². The van der Waals surface area contributed by atoms with Crippen LogP contribution >= 0.6 is 0 Å². The van der Waals surface area contributed by atoms with Gasteiger partial charge < -0.3 is 5.73 Å². The Balaban J connectivity index is 2.40. The summed E-state index contributed by atoms with van der Waals surface area (Å²) in [5, 5.41) is 10.6. The van der Waals surface area contributed by atoms with E-state index < -0.39 is 16.2 Å². The van der Waals surface area contributed by atoms with E-state index >= 15 is 0 Å². The van der Waals surface area contributed by atoms with Crippen LogP contribution in [0.1, 0.15) is 11.1 Å². The molecule has 0 aliphatic carbocycles. The molecule has 0 atom stereocenters. The maximum Gasteiger partial charge on any atom is 0.329 e. The van der Waals surface area contributed by atoms with Gasteiger partial charge in [-0.3, -0.25) is 24.5 Å². The second-order valence-electron chi connectivity index (χ2n) is 4.29. The molecule has 0 saturated carbocycles. The third-order valence-electron chi connectivity index (χ3n) is 2.96. The van der Waals surface area contributed by atoms with Crippen LogP contribution in [-0.4, -0.2) is 14.5 Å². The van der Waals surface area contributed by atoms with Crippen LogP contribution in [0.5, 0.6) is 0 Å². The molecule has 104 valence electrons. The van der Waals surface area contributed by atoms with Crippen molar-refractivity contribution in [2.24, 2.45) is 7.05 Å². The molecular weight excluding hydrogens is 264 g/mol. The summed E-state index contributed by atoms with van der Waals surface area (Å²) < 4.78 is 0.928.